The van der Waals surface area contributed by atoms with Crippen LogP contribution < -0.4 is 10.6 Å². The quantitative estimate of drug-likeness (QED) is 0.753. The molecular weight excluding hydrogens is 307 g/mol. The maximum absolute atomic E-state index is 12.0. The third-order valence-electron chi connectivity index (χ3n) is 2.59. The van der Waals surface area contributed by atoms with E-state index in [9.17, 15) is 18.0 Å². The number of hydrogen-bond acceptors (Lipinski definition) is 3. The normalized spacial score (nSPS) is 11.3. The molecule has 0 saturated heterocycles. The summed E-state index contributed by atoms with van der Waals surface area (Å²) in [4.78, 5) is 15.9. The van der Waals surface area contributed by atoms with Gasteiger partial charge in [0.05, 0.1) is 5.02 Å². The Kier molecular flexibility index (Phi) is 6.74. The van der Waals surface area contributed by atoms with Crippen LogP contribution in [0.15, 0.2) is 12.1 Å². The predicted molar refractivity (Wildman–Crippen MR) is 75.6 cm³/mol. The molecule has 1 rings (SSSR count). The first-order valence-electron chi connectivity index (χ1n) is 6.59. The van der Waals surface area contributed by atoms with Gasteiger partial charge in [0.2, 0.25) is 0 Å². The fourth-order valence-corrected chi connectivity index (χ4v) is 1.81. The second-order valence-electron chi connectivity index (χ2n) is 4.39. The zero-order valence-electron chi connectivity index (χ0n) is 11.6. The Bertz CT molecular complexity index is 480. The average molecular weight is 324 g/mol. The number of amides is 1. The van der Waals surface area contributed by atoms with E-state index in [1.807, 2.05) is 6.92 Å². The molecule has 118 valence electrons. The number of rotatable bonds is 7. The summed E-state index contributed by atoms with van der Waals surface area (Å²) in [5.41, 5.74) is 0.0611. The summed E-state index contributed by atoms with van der Waals surface area (Å²) < 4.78 is 35.9. The number of carbonyl (C=O) groups is 1. The summed E-state index contributed by atoms with van der Waals surface area (Å²) in [5, 5.41) is 5.66. The van der Waals surface area contributed by atoms with E-state index in [0.717, 1.165) is 0 Å². The molecule has 0 unspecified atom stereocenters. The molecule has 1 aromatic heterocycles. The van der Waals surface area contributed by atoms with Crippen LogP contribution in [-0.4, -0.2) is 30.2 Å². The lowest BCUT2D eigenvalue weighted by Gasteiger charge is -2.09. The van der Waals surface area contributed by atoms with E-state index in [1.54, 1.807) is 12.1 Å². The monoisotopic (exact) mass is 323 g/mol. The van der Waals surface area contributed by atoms with Crippen LogP contribution in [-0.2, 0) is 0 Å². The number of aromatic nitrogens is 1. The van der Waals surface area contributed by atoms with Gasteiger partial charge in [0.1, 0.15) is 11.5 Å². The number of hydrogen-bond donors (Lipinski definition) is 2. The van der Waals surface area contributed by atoms with Crippen molar-refractivity contribution < 1.29 is 18.0 Å². The molecule has 0 aromatic carbocycles. The molecule has 0 aliphatic heterocycles. The Morgan fingerprint density at radius 3 is 2.67 bits per heavy atom. The van der Waals surface area contributed by atoms with E-state index in [-0.39, 0.29) is 30.1 Å². The number of carbonyl (C=O) groups excluding carboxylic acids is 1. The highest BCUT2D eigenvalue weighted by Crippen LogP contribution is 2.22. The number of alkyl halides is 3. The first kappa shape index (κ1) is 17.6. The maximum Gasteiger partial charge on any atom is 0.389 e. The van der Waals surface area contributed by atoms with Crippen LogP contribution in [0.1, 0.15) is 36.7 Å². The van der Waals surface area contributed by atoms with E-state index >= 15 is 0 Å². The van der Waals surface area contributed by atoms with Crippen molar-refractivity contribution in [3.05, 3.63) is 22.8 Å². The Balaban J connectivity index is 2.46. The number of unbranched alkanes of at least 4 members (excludes halogenated alkanes) is 1. The van der Waals surface area contributed by atoms with Crippen LogP contribution in [0, 0.1) is 0 Å². The van der Waals surface area contributed by atoms with Crippen LogP contribution in [0.5, 0.6) is 0 Å². The molecule has 2 N–H and O–H groups in total. The molecule has 0 fully saturated rings. The van der Waals surface area contributed by atoms with E-state index in [2.05, 4.69) is 15.6 Å². The zero-order chi connectivity index (χ0) is 15.9. The van der Waals surface area contributed by atoms with Crippen molar-refractivity contribution in [1.82, 2.24) is 10.3 Å². The first-order chi connectivity index (χ1) is 9.83. The Morgan fingerprint density at radius 2 is 2.05 bits per heavy atom. The minimum atomic E-state index is -4.16. The molecule has 0 aliphatic carbocycles. The van der Waals surface area contributed by atoms with Gasteiger partial charge in [-0.25, -0.2) is 4.98 Å². The van der Waals surface area contributed by atoms with Crippen LogP contribution in [0.3, 0.4) is 0 Å². The average Bonchev–Trinajstić information content (AvgIpc) is 2.39. The molecule has 1 amide bonds. The molecule has 21 heavy (non-hydrogen) atoms. The van der Waals surface area contributed by atoms with Crippen molar-refractivity contribution >= 4 is 23.3 Å². The minimum absolute atomic E-state index is 0.0254. The largest absolute Gasteiger partial charge is 0.389 e. The lowest BCUT2D eigenvalue weighted by molar-refractivity contribution is -0.135. The molecule has 0 aliphatic rings. The third-order valence-corrected chi connectivity index (χ3v) is 2.90. The zero-order valence-corrected chi connectivity index (χ0v) is 12.3. The van der Waals surface area contributed by atoms with Gasteiger partial charge in [0.15, 0.2) is 0 Å². The lowest BCUT2D eigenvalue weighted by atomic mass is 10.2. The molecule has 0 radical (unpaired) electrons. The molecule has 4 nitrogen and oxygen atoms in total. The smallest absolute Gasteiger partial charge is 0.370 e. The van der Waals surface area contributed by atoms with E-state index < -0.39 is 18.5 Å². The minimum Gasteiger partial charge on any atom is -0.370 e. The predicted octanol–water partition coefficient (Wildman–Crippen LogP) is 3.63. The number of nitrogens with zero attached hydrogens (tertiary/aromatic N) is 1. The highest BCUT2D eigenvalue weighted by atomic mass is 35.5. The molecule has 0 spiro atoms. The van der Waals surface area contributed by atoms with Gasteiger partial charge in [-0.05, 0) is 31.9 Å². The van der Waals surface area contributed by atoms with Gasteiger partial charge >= 0.3 is 6.18 Å². The van der Waals surface area contributed by atoms with E-state index in [1.165, 1.54) is 0 Å². The number of halogens is 4. The van der Waals surface area contributed by atoms with Crippen molar-refractivity contribution in [2.24, 2.45) is 0 Å². The van der Waals surface area contributed by atoms with Crippen molar-refractivity contribution in [3.63, 3.8) is 0 Å². The second kappa shape index (κ2) is 8.07. The maximum atomic E-state index is 12.0. The highest BCUT2D eigenvalue weighted by molar-refractivity contribution is 6.33. The third kappa shape index (κ3) is 6.66. The fourth-order valence-electron chi connectivity index (χ4n) is 1.62. The molecule has 0 bridgehead atoms. The second-order valence-corrected chi connectivity index (χ2v) is 4.79. The van der Waals surface area contributed by atoms with Crippen LogP contribution >= 0.6 is 11.6 Å². The van der Waals surface area contributed by atoms with Crippen LogP contribution in [0.25, 0.3) is 0 Å². The van der Waals surface area contributed by atoms with Gasteiger partial charge < -0.3 is 10.6 Å². The fraction of sp³-hybridized carbons (Fsp3) is 0.538. The van der Waals surface area contributed by atoms with E-state index in [4.69, 9.17) is 11.6 Å². The van der Waals surface area contributed by atoms with Gasteiger partial charge in [-0.1, -0.05) is 11.6 Å². The summed E-state index contributed by atoms with van der Waals surface area (Å²) in [6, 6.07) is 3.19. The number of nitrogens with one attached hydrogen (secondary N) is 2. The Labute approximate surface area is 126 Å². The summed E-state index contributed by atoms with van der Waals surface area (Å²) >= 11 is 5.89. The Morgan fingerprint density at radius 1 is 1.33 bits per heavy atom. The summed E-state index contributed by atoms with van der Waals surface area (Å²) in [5.74, 6) is 0.0240. The first-order valence-corrected chi connectivity index (χ1v) is 6.96. The molecule has 1 heterocycles. The van der Waals surface area contributed by atoms with Crippen LogP contribution in [0.2, 0.25) is 5.02 Å². The number of anilines is 1. The molecule has 1 aromatic rings. The number of pyridine rings is 1. The molecular formula is C13H17ClF3N3O. The molecule has 8 heteroatoms. The van der Waals surface area contributed by atoms with E-state index in [0.29, 0.717) is 12.4 Å². The van der Waals surface area contributed by atoms with Crippen molar-refractivity contribution in [1.29, 1.82) is 0 Å². The van der Waals surface area contributed by atoms with Gasteiger partial charge in [-0.2, -0.15) is 13.2 Å². The van der Waals surface area contributed by atoms with Crippen molar-refractivity contribution in [2.75, 3.05) is 18.4 Å². The molecule has 0 saturated carbocycles. The SMILES string of the molecule is CCNc1ccc(Cl)c(C(=O)NCCCCC(F)(F)F)n1. The van der Waals surface area contributed by atoms with Gasteiger partial charge in [-0.3, -0.25) is 4.79 Å². The highest BCUT2D eigenvalue weighted by Gasteiger charge is 2.25. The topological polar surface area (TPSA) is 54.0 Å². The summed E-state index contributed by atoms with van der Waals surface area (Å²) in [6.07, 6.45) is -4.79. The van der Waals surface area contributed by atoms with Gasteiger partial charge in [0, 0.05) is 19.5 Å². The van der Waals surface area contributed by atoms with Crippen molar-refractivity contribution in [2.45, 2.75) is 32.4 Å². The summed E-state index contributed by atoms with van der Waals surface area (Å²) in [7, 11) is 0. The lowest BCUT2D eigenvalue weighted by Crippen LogP contribution is -2.26. The standard InChI is InChI=1S/C13H17ClF3N3O/c1-2-18-10-6-5-9(14)11(20-10)12(21)19-8-4-3-7-13(15,16)17/h5-6H,2-4,7-8H2,1H3,(H,18,20)(H,19,21). The van der Waals surface area contributed by atoms with Gasteiger partial charge in [-0.15, -0.1) is 0 Å². The van der Waals surface area contributed by atoms with Crippen molar-refractivity contribution in [3.8, 4) is 0 Å². The van der Waals surface area contributed by atoms with Gasteiger partial charge in [0.25, 0.3) is 5.91 Å². The Hall–Kier alpha value is -1.50. The van der Waals surface area contributed by atoms with Crippen LogP contribution in [0.4, 0.5) is 19.0 Å². The summed E-state index contributed by atoms with van der Waals surface area (Å²) in [6.45, 7) is 2.68. The molecule has 0 atom stereocenters.